The molecule has 0 saturated heterocycles. The SMILES string of the molecule is O=C(CCn1ccnc1)NCC1(O)CCCC1. The van der Waals surface area contributed by atoms with Crippen LogP contribution in [-0.2, 0) is 11.3 Å². The normalized spacial score (nSPS) is 18.2. The molecule has 17 heavy (non-hydrogen) atoms. The summed E-state index contributed by atoms with van der Waals surface area (Å²) in [6.45, 7) is 1.01. The Morgan fingerprint density at radius 3 is 2.88 bits per heavy atom. The molecule has 0 bridgehead atoms. The molecule has 1 saturated carbocycles. The Balaban J connectivity index is 1.67. The first-order chi connectivity index (χ1) is 8.18. The minimum Gasteiger partial charge on any atom is -0.388 e. The average molecular weight is 237 g/mol. The van der Waals surface area contributed by atoms with Crippen LogP contribution in [0.3, 0.4) is 0 Å². The first kappa shape index (κ1) is 12.1. The molecule has 1 aromatic rings. The molecular weight excluding hydrogens is 218 g/mol. The molecule has 94 valence electrons. The van der Waals surface area contributed by atoms with Crippen LogP contribution >= 0.6 is 0 Å². The van der Waals surface area contributed by atoms with Crippen LogP contribution in [0.1, 0.15) is 32.1 Å². The van der Waals surface area contributed by atoms with Crippen molar-refractivity contribution in [2.24, 2.45) is 0 Å². The van der Waals surface area contributed by atoms with Crippen molar-refractivity contribution in [3.63, 3.8) is 0 Å². The van der Waals surface area contributed by atoms with Crippen LogP contribution < -0.4 is 5.32 Å². The lowest BCUT2D eigenvalue weighted by Crippen LogP contribution is -2.40. The zero-order valence-corrected chi connectivity index (χ0v) is 9.93. The largest absolute Gasteiger partial charge is 0.388 e. The number of amides is 1. The molecule has 1 heterocycles. The lowest BCUT2D eigenvalue weighted by atomic mass is 10.0. The van der Waals surface area contributed by atoms with Crippen molar-refractivity contribution < 1.29 is 9.90 Å². The Labute approximate surface area is 101 Å². The van der Waals surface area contributed by atoms with E-state index < -0.39 is 5.60 Å². The van der Waals surface area contributed by atoms with Crippen molar-refractivity contribution in [1.82, 2.24) is 14.9 Å². The number of carbonyl (C=O) groups excluding carboxylic acids is 1. The third-order valence-electron chi connectivity index (χ3n) is 3.31. The Kier molecular flexibility index (Phi) is 3.78. The van der Waals surface area contributed by atoms with Gasteiger partial charge in [-0.2, -0.15) is 0 Å². The van der Waals surface area contributed by atoms with Gasteiger partial charge in [0.2, 0.25) is 5.91 Å². The number of rotatable bonds is 5. The molecule has 5 heteroatoms. The van der Waals surface area contributed by atoms with E-state index >= 15 is 0 Å². The lowest BCUT2D eigenvalue weighted by Gasteiger charge is -2.22. The Morgan fingerprint density at radius 1 is 1.47 bits per heavy atom. The zero-order valence-electron chi connectivity index (χ0n) is 9.93. The monoisotopic (exact) mass is 237 g/mol. The van der Waals surface area contributed by atoms with Gasteiger partial charge in [-0.1, -0.05) is 12.8 Å². The maximum absolute atomic E-state index is 11.6. The van der Waals surface area contributed by atoms with E-state index in [0.717, 1.165) is 25.7 Å². The number of carbonyl (C=O) groups is 1. The van der Waals surface area contributed by atoms with E-state index in [1.54, 1.807) is 12.5 Å². The first-order valence-corrected chi connectivity index (χ1v) is 6.13. The summed E-state index contributed by atoms with van der Waals surface area (Å²) in [6.07, 6.45) is 9.35. The highest BCUT2D eigenvalue weighted by Gasteiger charge is 2.31. The van der Waals surface area contributed by atoms with Gasteiger partial charge >= 0.3 is 0 Å². The summed E-state index contributed by atoms with van der Waals surface area (Å²) in [5.41, 5.74) is -0.662. The highest BCUT2D eigenvalue weighted by Crippen LogP contribution is 2.28. The topological polar surface area (TPSA) is 67.2 Å². The van der Waals surface area contributed by atoms with Crippen LogP contribution in [-0.4, -0.2) is 32.7 Å². The van der Waals surface area contributed by atoms with Gasteiger partial charge in [0.05, 0.1) is 11.9 Å². The van der Waals surface area contributed by atoms with Crippen LogP contribution in [0.4, 0.5) is 0 Å². The van der Waals surface area contributed by atoms with Crippen molar-refractivity contribution in [3.05, 3.63) is 18.7 Å². The number of nitrogens with one attached hydrogen (secondary N) is 1. The molecule has 1 aliphatic carbocycles. The Hall–Kier alpha value is -1.36. The first-order valence-electron chi connectivity index (χ1n) is 6.13. The number of hydrogen-bond acceptors (Lipinski definition) is 3. The van der Waals surface area contributed by atoms with Crippen molar-refractivity contribution in [2.45, 2.75) is 44.2 Å². The Bertz CT molecular complexity index is 356. The smallest absolute Gasteiger partial charge is 0.221 e. The van der Waals surface area contributed by atoms with Crippen LogP contribution in [0.15, 0.2) is 18.7 Å². The van der Waals surface area contributed by atoms with Gasteiger partial charge in [0.15, 0.2) is 0 Å². The third kappa shape index (κ3) is 3.56. The molecule has 0 aromatic carbocycles. The van der Waals surface area contributed by atoms with Crippen LogP contribution in [0.2, 0.25) is 0 Å². The highest BCUT2D eigenvalue weighted by molar-refractivity contribution is 5.75. The van der Waals surface area contributed by atoms with Crippen molar-refractivity contribution in [3.8, 4) is 0 Å². The minimum absolute atomic E-state index is 0.0148. The predicted molar refractivity (Wildman–Crippen MR) is 63.3 cm³/mol. The second-order valence-electron chi connectivity index (χ2n) is 4.76. The number of nitrogens with zero attached hydrogens (tertiary/aromatic N) is 2. The summed E-state index contributed by atoms with van der Waals surface area (Å²) in [4.78, 5) is 15.5. The van der Waals surface area contributed by atoms with E-state index in [1.165, 1.54) is 0 Å². The molecule has 1 aromatic heterocycles. The van der Waals surface area contributed by atoms with Gasteiger partial charge in [0, 0.05) is 31.9 Å². The fraction of sp³-hybridized carbons (Fsp3) is 0.667. The molecule has 2 rings (SSSR count). The molecule has 1 fully saturated rings. The molecule has 0 radical (unpaired) electrons. The van der Waals surface area contributed by atoms with Gasteiger partial charge in [-0.25, -0.2) is 4.98 Å². The fourth-order valence-electron chi connectivity index (χ4n) is 2.21. The standard InChI is InChI=1S/C12H19N3O2/c16-11(3-7-15-8-6-13-10-15)14-9-12(17)4-1-2-5-12/h6,8,10,17H,1-5,7,9H2,(H,14,16). The van der Waals surface area contributed by atoms with E-state index in [9.17, 15) is 9.90 Å². The number of imidazole rings is 1. The van der Waals surface area contributed by atoms with Gasteiger partial charge in [0.1, 0.15) is 0 Å². The summed E-state index contributed by atoms with van der Waals surface area (Å²) < 4.78 is 1.86. The second kappa shape index (κ2) is 5.31. The van der Waals surface area contributed by atoms with Gasteiger partial charge in [-0.3, -0.25) is 4.79 Å². The summed E-state index contributed by atoms with van der Waals surface area (Å²) in [6, 6.07) is 0. The third-order valence-corrected chi connectivity index (χ3v) is 3.31. The summed E-state index contributed by atoms with van der Waals surface area (Å²) >= 11 is 0. The van der Waals surface area contributed by atoms with Crippen LogP contribution in [0.5, 0.6) is 0 Å². The zero-order chi connectivity index (χ0) is 12.1. The molecule has 1 amide bonds. The second-order valence-corrected chi connectivity index (χ2v) is 4.76. The molecule has 5 nitrogen and oxygen atoms in total. The van der Waals surface area contributed by atoms with E-state index in [4.69, 9.17) is 0 Å². The molecular formula is C12H19N3O2. The van der Waals surface area contributed by atoms with Gasteiger partial charge in [-0.05, 0) is 12.8 Å². The molecule has 0 spiro atoms. The van der Waals surface area contributed by atoms with E-state index in [1.807, 2.05) is 10.8 Å². The molecule has 2 N–H and O–H groups in total. The van der Waals surface area contributed by atoms with Gasteiger partial charge in [0.25, 0.3) is 0 Å². The number of aryl methyl sites for hydroxylation is 1. The fourth-order valence-corrected chi connectivity index (χ4v) is 2.21. The summed E-state index contributed by atoms with van der Waals surface area (Å²) in [7, 11) is 0. The maximum Gasteiger partial charge on any atom is 0.221 e. The average Bonchev–Trinajstić information content (AvgIpc) is 2.95. The lowest BCUT2D eigenvalue weighted by molar-refractivity contribution is -0.122. The quantitative estimate of drug-likeness (QED) is 0.792. The Morgan fingerprint density at radius 2 is 2.24 bits per heavy atom. The predicted octanol–water partition coefficient (Wildman–Crippen LogP) is 0.694. The number of aromatic nitrogens is 2. The number of hydrogen-bond donors (Lipinski definition) is 2. The van der Waals surface area contributed by atoms with Crippen molar-refractivity contribution in [2.75, 3.05) is 6.54 Å². The van der Waals surface area contributed by atoms with Crippen LogP contribution in [0.25, 0.3) is 0 Å². The molecule has 0 atom stereocenters. The highest BCUT2D eigenvalue weighted by atomic mass is 16.3. The van der Waals surface area contributed by atoms with Gasteiger partial charge < -0.3 is 15.0 Å². The van der Waals surface area contributed by atoms with Crippen molar-refractivity contribution >= 4 is 5.91 Å². The van der Waals surface area contributed by atoms with E-state index in [-0.39, 0.29) is 5.91 Å². The van der Waals surface area contributed by atoms with Crippen molar-refractivity contribution in [1.29, 1.82) is 0 Å². The maximum atomic E-state index is 11.6. The number of aliphatic hydroxyl groups is 1. The van der Waals surface area contributed by atoms with Gasteiger partial charge in [-0.15, -0.1) is 0 Å². The van der Waals surface area contributed by atoms with Crippen LogP contribution in [0, 0.1) is 0 Å². The van der Waals surface area contributed by atoms with E-state index in [2.05, 4.69) is 10.3 Å². The molecule has 0 aliphatic heterocycles. The molecule has 1 aliphatic rings. The summed E-state index contributed by atoms with van der Waals surface area (Å²) in [5.74, 6) is -0.0148. The summed E-state index contributed by atoms with van der Waals surface area (Å²) in [5, 5.41) is 12.9. The van der Waals surface area contributed by atoms with E-state index in [0.29, 0.717) is 19.5 Å². The molecule has 0 unspecified atom stereocenters. The minimum atomic E-state index is -0.662.